The van der Waals surface area contributed by atoms with E-state index >= 15 is 0 Å². The predicted molar refractivity (Wildman–Crippen MR) is 156 cm³/mol. The van der Waals surface area contributed by atoms with Gasteiger partial charge in [-0.3, -0.25) is 4.90 Å². The molecule has 1 aromatic heterocycles. The summed E-state index contributed by atoms with van der Waals surface area (Å²) in [6.07, 6.45) is 3.34. The molecule has 2 atom stereocenters. The number of imidazole rings is 1. The van der Waals surface area contributed by atoms with E-state index in [9.17, 15) is 4.39 Å². The highest BCUT2D eigenvalue weighted by Gasteiger charge is 2.43. The maximum Gasteiger partial charge on any atom is 0.278 e. The number of rotatable bonds is 6. The molecule has 3 aliphatic heterocycles. The van der Waals surface area contributed by atoms with Gasteiger partial charge in [0.1, 0.15) is 11.6 Å². The second kappa shape index (κ2) is 10.3. The number of hydrogen-bond acceptors (Lipinski definition) is 5. The maximum absolute atomic E-state index is 14.8. The lowest BCUT2D eigenvalue weighted by atomic mass is 9.88. The lowest BCUT2D eigenvalue weighted by Gasteiger charge is -2.33. The molecule has 7 rings (SSSR count). The fraction of sp³-hybridized carbons (Fsp3) is 0.387. The van der Waals surface area contributed by atoms with Gasteiger partial charge in [0.15, 0.2) is 11.5 Å². The minimum Gasteiger partial charge on any atom is -0.444 e. The summed E-state index contributed by atoms with van der Waals surface area (Å²) in [5.41, 5.74) is 3.61. The van der Waals surface area contributed by atoms with Crippen LogP contribution in [0.15, 0.2) is 59.1 Å². The summed E-state index contributed by atoms with van der Waals surface area (Å²) < 4.78 is 36.5. The molecule has 3 aliphatic rings. The monoisotopic (exact) mass is 625 g/mol. The Labute approximate surface area is 246 Å². The van der Waals surface area contributed by atoms with Crippen LogP contribution in [0.3, 0.4) is 0 Å². The minimum absolute atomic E-state index is 0.264. The molecule has 2 saturated heterocycles. The molecule has 0 aliphatic carbocycles. The lowest BCUT2D eigenvalue weighted by molar-refractivity contribution is -0.0712. The summed E-state index contributed by atoms with van der Waals surface area (Å²) in [6, 6.07) is 16.9. The van der Waals surface area contributed by atoms with Crippen molar-refractivity contribution in [2.45, 2.75) is 57.1 Å². The second-order valence-corrected chi connectivity index (χ2v) is 12.4. The molecule has 2 fully saturated rings. The summed E-state index contributed by atoms with van der Waals surface area (Å²) in [4.78, 5) is 7.51. The predicted octanol–water partition coefficient (Wildman–Crippen LogP) is 7.40. The van der Waals surface area contributed by atoms with E-state index in [-0.39, 0.29) is 6.10 Å². The van der Waals surface area contributed by atoms with E-state index in [1.807, 2.05) is 12.1 Å². The molecule has 0 radical (unpaired) electrons. The zero-order valence-corrected chi connectivity index (χ0v) is 24.5. The quantitative estimate of drug-likeness (QED) is 0.223. The SMILES string of the molecule is CC1(c2ccc(Cl)cc2F)Oc2cccc(C3CCN(Cc4nc5cc(Br)ccc5n4CC4CCO4)CC3)c2O1. The van der Waals surface area contributed by atoms with Crippen LogP contribution in [0.25, 0.3) is 11.0 Å². The largest absolute Gasteiger partial charge is 0.444 e. The fourth-order valence-electron chi connectivity index (χ4n) is 6.15. The minimum atomic E-state index is -1.24. The smallest absolute Gasteiger partial charge is 0.278 e. The van der Waals surface area contributed by atoms with Gasteiger partial charge in [-0.05, 0) is 80.7 Å². The zero-order chi connectivity index (χ0) is 27.4. The molecule has 4 heterocycles. The normalized spacial score (nSPS) is 23.1. The Hall–Kier alpha value is -2.65. The summed E-state index contributed by atoms with van der Waals surface area (Å²) in [5.74, 6) is 1.08. The van der Waals surface area contributed by atoms with Gasteiger partial charge in [-0.1, -0.05) is 39.7 Å². The lowest BCUT2D eigenvalue weighted by Crippen LogP contribution is -2.35. The first-order valence-electron chi connectivity index (χ1n) is 13.8. The molecule has 0 bridgehead atoms. The van der Waals surface area contributed by atoms with E-state index in [4.69, 9.17) is 30.8 Å². The van der Waals surface area contributed by atoms with E-state index in [1.165, 1.54) is 6.07 Å². The molecule has 0 spiro atoms. The fourth-order valence-corrected chi connectivity index (χ4v) is 6.66. The Balaban J connectivity index is 1.07. The van der Waals surface area contributed by atoms with Crippen LogP contribution in [0.5, 0.6) is 11.5 Å². The summed E-state index contributed by atoms with van der Waals surface area (Å²) in [5, 5.41) is 0.340. The van der Waals surface area contributed by atoms with Crippen molar-refractivity contribution in [2.75, 3.05) is 19.7 Å². The zero-order valence-electron chi connectivity index (χ0n) is 22.2. The number of halogens is 3. The Morgan fingerprint density at radius 2 is 1.90 bits per heavy atom. The molecular formula is C31H30BrClFN3O3. The van der Waals surface area contributed by atoms with E-state index in [1.54, 1.807) is 19.1 Å². The van der Waals surface area contributed by atoms with Crippen LogP contribution in [0.4, 0.5) is 4.39 Å². The molecule has 40 heavy (non-hydrogen) atoms. The maximum atomic E-state index is 14.8. The van der Waals surface area contributed by atoms with E-state index < -0.39 is 11.6 Å². The average molecular weight is 627 g/mol. The first-order valence-corrected chi connectivity index (χ1v) is 15.0. The summed E-state index contributed by atoms with van der Waals surface area (Å²) in [6.45, 7) is 6.13. The highest BCUT2D eigenvalue weighted by molar-refractivity contribution is 9.10. The number of hydrogen-bond donors (Lipinski definition) is 0. The van der Waals surface area contributed by atoms with Crippen LogP contribution in [0.2, 0.25) is 5.02 Å². The van der Waals surface area contributed by atoms with Gasteiger partial charge in [-0.2, -0.15) is 0 Å². The van der Waals surface area contributed by atoms with Crippen molar-refractivity contribution < 1.29 is 18.6 Å². The van der Waals surface area contributed by atoms with Gasteiger partial charge in [0.25, 0.3) is 5.79 Å². The Bertz CT molecular complexity index is 1580. The highest BCUT2D eigenvalue weighted by Crippen LogP contribution is 2.49. The Kier molecular flexibility index (Phi) is 6.77. The van der Waals surface area contributed by atoms with Crippen LogP contribution >= 0.6 is 27.5 Å². The van der Waals surface area contributed by atoms with E-state index in [2.05, 4.69) is 49.7 Å². The van der Waals surface area contributed by atoms with E-state index in [0.29, 0.717) is 28.0 Å². The van der Waals surface area contributed by atoms with Crippen molar-refractivity contribution in [1.29, 1.82) is 0 Å². The number of aromatic nitrogens is 2. The second-order valence-electron chi connectivity index (χ2n) is 11.1. The molecule has 2 unspecified atom stereocenters. The van der Waals surface area contributed by atoms with Crippen molar-refractivity contribution >= 4 is 38.6 Å². The summed E-state index contributed by atoms with van der Waals surface area (Å²) in [7, 11) is 0. The van der Waals surface area contributed by atoms with Crippen LogP contribution in [-0.2, 0) is 23.6 Å². The number of ether oxygens (including phenoxy) is 3. The van der Waals surface area contributed by atoms with Crippen molar-refractivity contribution in [1.82, 2.24) is 14.5 Å². The van der Waals surface area contributed by atoms with Crippen molar-refractivity contribution in [3.63, 3.8) is 0 Å². The Morgan fingerprint density at radius 3 is 2.65 bits per heavy atom. The third-order valence-electron chi connectivity index (χ3n) is 8.39. The average Bonchev–Trinajstić information content (AvgIpc) is 3.42. The van der Waals surface area contributed by atoms with Gasteiger partial charge in [0, 0.05) is 28.6 Å². The van der Waals surface area contributed by atoms with Gasteiger partial charge in [-0.25, -0.2) is 9.37 Å². The molecule has 6 nitrogen and oxygen atoms in total. The molecule has 0 N–H and O–H groups in total. The number of nitrogens with zero attached hydrogens (tertiary/aromatic N) is 3. The molecule has 208 valence electrons. The Morgan fingerprint density at radius 1 is 1.07 bits per heavy atom. The standard InChI is InChI=1S/C31H30BrClFN3O3/c1-31(24-7-6-21(33)16-25(24)34)39-28-4-2-3-23(30(28)40-31)19-9-12-36(13-10-19)18-29-35-26-15-20(32)5-8-27(26)37(29)17-22-11-14-38-22/h2-8,15-16,19,22H,9-14,17-18H2,1H3. The number of para-hydroxylation sites is 1. The first kappa shape index (κ1) is 26.3. The van der Waals surface area contributed by atoms with Gasteiger partial charge in [0.05, 0.1) is 35.8 Å². The van der Waals surface area contributed by atoms with Crippen molar-refractivity contribution in [3.8, 4) is 11.5 Å². The molecule has 3 aromatic carbocycles. The van der Waals surface area contributed by atoms with Crippen LogP contribution in [-0.4, -0.2) is 40.3 Å². The van der Waals surface area contributed by atoms with Crippen LogP contribution in [0.1, 0.15) is 49.1 Å². The number of piperidine rings is 1. The molecule has 9 heteroatoms. The molecule has 0 saturated carbocycles. The molecular weight excluding hydrogens is 597 g/mol. The van der Waals surface area contributed by atoms with Crippen LogP contribution in [0, 0.1) is 5.82 Å². The topological polar surface area (TPSA) is 48.8 Å². The number of likely N-dealkylation sites (tertiary alicyclic amines) is 1. The first-order chi connectivity index (χ1) is 19.4. The summed E-state index contributed by atoms with van der Waals surface area (Å²) >= 11 is 9.57. The highest BCUT2D eigenvalue weighted by atomic mass is 79.9. The van der Waals surface area contributed by atoms with Crippen molar-refractivity contribution in [2.24, 2.45) is 0 Å². The van der Waals surface area contributed by atoms with Gasteiger partial charge in [0.2, 0.25) is 0 Å². The molecule has 4 aromatic rings. The third kappa shape index (κ3) is 4.79. The van der Waals surface area contributed by atoms with Gasteiger partial charge in [-0.15, -0.1) is 0 Å². The van der Waals surface area contributed by atoms with Gasteiger partial charge >= 0.3 is 0 Å². The van der Waals surface area contributed by atoms with E-state index in [0.717, 1.165) is 78.9 Å². The van der Waals surface area contributed by atoms with Crippen LogP contribution < -0.4 is 9.47 Å². The van der Waals surface area contributed by atoms with Crippen molar-refractivity contribution in [3.05, 3.63) is 86.9 Å². The third-order valence-corrected chi connectivity index (χ3v) is 9.12. The number of fused-ring (bicyclic) bond motifs is 2. The van der Waals surface area contributed by atoms with Gasteiger partial charge < -0.3 is 18.8 Å². The molecule has 0 amide bonds. The number of benzene rings is 3.